The quantitative estimate of drug-likeness (QED) is 0.904. The van der Waals surface area contributed by atoms with E-state index < -0.39 is 0 Å². The third-order valence-electron chi connectivity index (χ3n) is 4.23. The zero-order chi connectivity index (χ0) is 13.8. The predicted octanol–water partition coefficient (Wildman–Crippen LogP) is 3.18. The van der Waals surface area contributed by atoms with Crippen LogP contribution in [0.25, 0.3) is 10.9 Å². The van der Waals surface area contributed by atoms with E-state index in [1.54, 1.807) is 0 Å². The van der Waals surface area contributed by atoms with Gasteiger partial charge in [0.25, 0.3) is 0 Å². The molecule has 0 unspecified atom stereocenters. The highest BCUT2D eigenvalue weighted by Gasteiger charge is 2.16. The first-order chi connectivity index (χ1) is 9.88. The molecule has 0 spiro atoms. The van der Waals surface area contributed by atoms with Crippen LogP contribution >= 0.6 is 0 Å². The Bertz CT molecular complexity index is 555. The molecule has 108 valence electrons. The van der Waals surface area contributed by atoms with E-state index in [9.17, 15) is 0 Å². The highest BCUT2D eigenvalue weighted by Crippen LogP contribution is 2.24. The fraction of sp³-hybridized carbons (Fsp3) is 0.529. The van der Waals surface area contributed by atoms with Gasteiger partial charge in [0.1, 0.15) is 0 Å². The van der Waals surface area contributed by atoms with Crippen molar-refractivity contribution in [1.82, 2.24) is 9.88 Å². The van der Waals surface area contributed by atoms with Crippen molar-refractivity contribution in [3.8, 4) is 0 Å². The first-order valence-corrected chi connectivity index (χ1v) is 7.73. The number of nitrogens with zero attached hydrogens (tertiary/aromatic N) is 1. The van der Waals surface area contributed by atoms with Gasteiger partial charge in [-0.25, -0.2) is 0 Å². The van der Waals surface area contributed by atoms with Crippen molar-refractivity contribution >= 4 is 10.9 Å². The molecule has 3 rings (SSSR count). The molecule has 3 heteroatoms. The van der Waals surface area contributed by atoms with Crippen LogP contribution < -0.4 is 5.32 Å². The number of aromatic nitrogens is 1. The van der Waals surface area contributed by atoms with Crippen molar-refractivity contribution in [1.29, 1.82) is 0 Å². The zero-order valence-corrected chi connectivity index (χ0v) is 12.3. The van der Waals surface area contributed by atoms with E-state index in [2.05, 4.69) is 47.3 Å². The summed E-state index contributed by atoms with van der Waals surface area (Å²) in [5.74, 6) is 0.756. The molecule has 0 atom stereocenters. The van der Waals surface area contributed by atoms with Crippen LogP contribution in [0.1, 0.15) is 25.3 Å². The molecule has 2 heterocycles. The number of para-hydroxylation sites is 1. The van der Waals surface area contributed by atoms with E-state index in [4.69, 9.17) is 4.74 Å². The van der Waals surface area contributed by atoms with Crippen molar-refractivity contribution < 1.29 is 4.74 Å². The fourth-order valence-electron chi connectivity index (χ4n) is 3.10. The Labute approximate surface area is 120 Å². The van der Waals surface area contributed by atoms with Gasteiger partial charge in [0.2, 0.25) is 0 Å². The summed E-state index contributed by atoms with van der Waals surface area (Å²) in [5, 5.41) is 4.80. The predicted molar refractivity (Wildman–Crippen MR) is 82.9 cm³/mol. The van der Waals surface area contributed by atoms with Crippen LogP contribution in [0.5, 0.6) is 0 Å². The molecule has 1 N–H and O–H groups in total. The second-order valence-electron chi connectivity index (χ2n) is 5.66. The molecule has 1 saturated heterocycles. The SMILES string of the molecule is CCNCc1cccc2ccn(CC3CCOCC3)c12. The van der Waals surface area contributed by atoms with E-state index in [1.807, 2.05) is 0 Å². The number of nitrogens with one attached hydrogen (secondary N) is 1. The molecule has 1 aromatic carbocycles. The summed E-state index contributed by atoms with van der Waals surface area (Å²) in [5.41, 5.74) is 2.81. The van der Waals surface area contributed by atoms with Crippen LogP contribution in [0, 0.1) is 5.92 Å². The molecule has 1 fully saturated rings. The average molecular weight is 272 g/mol. The lowest BCUT2D eigenvalue weighted by Crippen LogP contribution is -2.20. The summed E-state index contributed by atoms with van der Waals surface area (Å²) in [6.45, 7) is 7.09. The third-order valence-corrected chi connectivity index (χ3v) is 4.23. The molecule has 0 saturated carbocycles. The zero-order valence-electron chi connectivity index (χ0n) is 12.3. The number of ether oxygens (including phenoxy) is 1. The maximum absolute atomic E-state index is 5.46. The summed E-state index contributed by atoms with van der Waals surface area (Å²) in [6.07, 6.45) is 4.62. The van der Waals surface area contributed by atoms with Gasteiger partial charge in [0.05, 0.1) is 5.52 Å². The van der Waals surface area contributed by atoms with Crippen LogP contribution in [0.2, 0.25) is 0 Å². The number of hydrogen-bond donors (Lipinski definition) is 1. The molecule has 0 amide bonds. The standard InChI is InChI=1S/C17H24N2O/c1-2-18-12-16-5-3-4-15-6-9-19(17(15)16)13-14-7-10-20-11-8-14/h3-6,9,14,18H,2,7-8,10-13H2,1H3. The molecule has 1 aliphatic rings. The van der Waals surface area contributed by atoms with Gasteiger partial charge in [-0.05, 0) is 42.3 Å². The summed E-state index contributed by atoms with van der Waals surface area (Å²) < 4.78 is 7.91. The molecular weight excluding hydrogens is 248 g/mol. The molecule has 20 heavy (non-hydrogen) atoms. The average Bonchev–Trinajstić information content (AvgIpc) is 2.90. The van der Waals surface area contributed by atoms with E-state index in [1.165, 1.54) is 29.3 Å². The molecule has 3 nitrogen and oxygen atoms in total. The maximum Gasteiger partial charge on any atom is 0.0525 e. The second kappa shape index (κ2) is 6.42. The van der Waals surface area contributed by atoms with Crippen LogP contribution in [-0.4, -0.2) is 24.3 Å². The lowest BCUT2D eigenvalue weighted by molar-refractivity contribution is 0.0616. The number of rotatable bonds is 5. The summed E-state index contributed by atoms with van der Waals surface area (Å²) in [7, 11) is 0. The molecule has 2 aromatic rings. The van der Waals surface area contributed by atoms with Gasteiger partial charge >= 0.3 is 0 Å². The Hall–Kier alpha value is -1.32. The van der Waals surface area contributed by atoms with E-state index in [0.717, 1.165) is 38.8 Å². The molecule has 0 bridgehead atoms. The Morgan fingerprint density at radius 2 is 2.10 bits per heavy atom. The topological polar surface area (TPSA) is 26.2 Å². The largest absolute Gasteiger partial charge is 0.381 e. The maximum atomic E-state index is 5.46. The monoisotopic (exact) mass is 272 g/mol. The fourth-order valence-corrected chi connectivity index (χ4v) is 3.10. The summed E-state index contributed by atoms with van der Waals surface area (Å²) in [4.78, 5) is 0. The minimum atomic E-state index is 0.756. The Balaban J connectivity index is 1.85. The smallest absolute Gasteiger partial charge is 0.0525 e. The lowest BCUT2D eigenvalue weighted by atomic mass is 10.0. The van der Waals surface area contributed by atoms with Crippen molar-refractivity contribution in [2.45, 2.75) is 32.9 Å². The van der Waals surface area contributed by atoms with Crippen LogP contribution in [0.3, 0.4) is 0 Å². The number of hydrogen-bond acceptors (Lipinski definition) is 2. The van der Waals surface area contributed by atoms with E-state index >= 15 is 0 Å². The van der Waals surface area contributed by atoms with Gasteiger partial charge in [-0.3, -0.25) is 0 Å². The van der Waals surface area contributed by atoms with E-state index in [0.29, 0.717) is 0 Å². The van der Waals surface area contributed by atoms with Gasteiger partial charge in [-0.15, -0.1) is 0 Å². The Kier molecular flexibility index (Phi) is 4.38. The highest BCUT2D eigenvalue weighted by molar-refractivity contribution is 5.83. The minimum Gasteiger partial charge on any atom is -0.381 e. The van der Waals surface area contributed by atoms with Gasteiger partial charge in [-0.2, -0.15) is 0 Å². The first kappa shape index (κ1) is 13.7. The van der Waals surface area contributed by atoms with Crippen molar-refractivity contribution in [2.75, 3.05) is 19.8 Å². The third kappa shape index (κ3) is 2.89. The molecular formula is C17H24N2O. The lowest BCUT2D eigenvalue weighted by Gasteiger charge is -2.23. The first-order valence-electron chi connectivity index (χ1n) is 7.73. The van der Waals surface area contributed by atoms with Gasteiger partial charge < -0.3 is 14.6 Å². The Morgan fingerprint density at radius 1 is 1.25 bits per heavy atom. The van der Waals surface area contributed by atoms with Crippen LogP contribution in [-0.2, 0) is 17.8 Å². The highest BCUT2D eigenvalue weighted by atomic mass is 16.5. The molecule has 0 aliphatic carbocycles. The number of fused-ring (bicyclic) bond motifs is 1. The van der Waals surface area contributed by atoms with Gasteiger partial charge in [-0.1, -0.05) is 25.1 Å². The molecule has 0 radical (unpaired) electrons. The van der Waals surface area contributed by atoms with Gasteiger partial charge in [0.15, 0.2) is 0 Å². The van der Waals surface area contributed by atoms with Crippen molar-refractivity contribution in [3.05, 3.63) is 36.0 Å². The van der Waals surface area contributed by atoms with Crippen molar-refractivity contribution in [3.63, 3.8) is 0 Å². The van der Waals surface area contributed by atoms with Crippen LogP contribution in [0.4, 0.5) is 0 Å². The number of benzene rings is 1. The summed E-state index contributed by atoms with van der Waals surface area (Å²) in [6, 6.07) is 8.86. The van der Waals surface area contributed by atoms with E-state index in [-0.39, 0.29) is 0 Å². The second-order valence-corrected chi connectivity index (χ2v) is 5.66. The van der Waals surface area contributed by atoms with Gasteiger partial charge in [0, 0.05) is 32.5 Å². The normalized spacial score (nSPS) is 16.9. The summed E-state index contributed by atoms with van der Waals surface area (Å²) >= 11 is 0. The van der Waals surface area contributed by atoms with Crippen molar-refractivity contribution in [2.24, 2.45) is 5.92 Å². The molecule has 1 aliphatic heterocycles. The minimum absolute atomic E-state index is 0.756. The molecule has 1 aromatic heterocycles. The van der Waals surface area contributed by atoms with Crippen LogP contribution in [0.15, 0.2) is 30.5 Å². The Morgan fingerprint density at radius 3 is 2.90 bits per heavy atom.